The lowest BCUT2D eigenvalue weighted by molar-refractivity contribution is -0.113. The second-order valence-corrected chi connectivity index (χ2v) is 7.73. The quantitative estimate of drug-likeness (QED) is 0.553. The SMILES string of the molecule is COc1ccc(Cc2nnc(SCC(=O)Nc3cc(Cl)ccc3Cl)n2C)cc1. The lowest BCUT2D eigenvalue weighted by Gasteiger charge is -2.08. The maximum absolute atomic E-state index is 12.2. The minimum absolute atomic E-state index is 0.178. The molecule has 146 valence electrons. The summed E-state index contributed by atoms with van der Waals surface area (Å²) in [6.45, 7) is 0. The molecule has 0 aliphatic carbocycles. The fourth-order valence-corrected chi connectivity index (χ4v) is 3.53. The van der Waals surface area contributed by atoms with Crippen molar-refractivity contribution in [1.82, 2.24) is 14.8 Å². The van der Waals surface area contributed by atoms with Crippen LogP contribution in [0.15, 0.2) is 47.6 Å². The van der Waals surface area contributed by atoms with Gasteiger partial charge in [-0.1, -0.05) is 47.1 Å². The summed E-state index contributed by atoms with van der Waals surface area (Å²) in [5, 5.41) is 12.8. The number of halogens is 2. The number of carbonyl (C=O) groups excluding carboxylic acids is 1. The molecule has 1 aromatic heterocycles. The van der Waals surface area contributed by atoms with Crippen molar-refractivity contribution in [2.24, 2.45) is 7.05 Å². The molecule has 3 rings (SSSR count). The molecule has 28 heavy (non-hydrogen) atoms. The van der Waals surface area contributed by atoms with Crippen LogP contribution in [0.1, 0.15) is 11.4 Å². The average molecular weight is 437 g/mol. The van der Waals surface area contributed by atoms with Crippen molar-refractivity contribution in [2.75, 3.05) is 18.2 Å². The van der Waals surface area contributed by atoms with Crippen molar-refractivity contribution >= 4 is 46.6 Å². The van der Waals surface area contributed by atoms with Gasteiger partial charge in [-0.05, 0) is 35.9 Å². The molecule has 1 N–H and O–H groups in total. The third-order valence-electron chi connectivity index (χ3n) is 3.98. The Bertz CT molecular complexity index is 977. The zero-order chi connectivity index (χ0) is 20.1. The normalized spacial score (nSPS) is 10.7. The van der Waals surface area contributed by atoms with Gasteiger partial charge in [0, 0.05) is 18.5 Å². The monoisotopic (exact) mass is 436 g/mol. The molecule has 2 aromatic carbocycles. The van der Waals surface area contributed by atoms with Gasteiger partial charge in [0.05, 0.1) is 23.6 Å². The third kappa shape index (κ3) is 5.19. The molecule has 0 spiro atoms. The van der Waals surface area contributed by atoms with Crippen LogP contribution in [0.4, 0.5) is 5.69 Å². The van der Waals surface area contributed by atoms with Crippen LogP contribution in [-0.2, 0) is 18.3 Å². The van der Waals surface area contributed by atoms with Crippen LogP contribution in [0.3, 0.4) is 0 Å². The fraction of sp³-hybridized carbons (Fsp3) is 0.211. The lowest BCUT2D eigenvalue weighted by Crippen LogP contribution is -2.14. The highest BCUT2D eigenvalue weighted by Crippen LogP contribution is 2.26. The number of nitrogens with zero attached hydrogens (tertiary/aromatic N) is 3. The molecule has 1 heterocycles. The first kappa shape index (κ1) is 20.5. The van der Waals surface area contributed by atoms with Crippen LogP contribution >= 0.6 is 35.0 Å². The number of nitrogens with one attached hydrogen (secondary N) is 1. The first-order chi connectivity index (χ1) is 13.5. The summed E-state index contributed by atoms with van der Waals surface area (Å²) in [6, 6.07) is 12.7. The molecule has 0 saturated heterocycles. The zero-order valence-electron chi connectivity index (χ0n) is 15.3. The van der Waals surface area contributed by atoms with Crippen LogP contribution < -0.4 is 10.1 Å². The summed E-state index contributed by atoms with van der Waals surface area (Å²) in [6.07, 6.45) is 0.637. The van der Waals surface area contributed by atoms with Crippen molar-refractivity contribution in [3.05, 3.63) is 63.9 Å². The number of methoxy groups -OCH3 is 1. The number of carbonyl (C=O) groups is 1. The minimum atomic E-state index is -0.200. The van der Waals surface area contributed by atoms with E-state index in [4.69, 9.17) is 27.9 Å². The highest BCUT2D eigenvalue weighted by atomic mass is 35.5. The molecule has 0 atom stereocenters. The number of amides is 1. The molecular formula is C19H18Cl2N4O2S. The molecule has 0 unspecified atom stereocenters. The van der Waals surface area contributed by atoms with Gasteiger partial charge in [-0.3, -0.25) is 4.79 Å². The van der Waals surface area contributed by atoms with Crippen LogP contribution in [0.25, 0.3) is 0 Å². The smallest absolute Gasteiger partial charge is 0.234 e. The van der Waals surface area contributed by atoms with Crippen molar-refractivity contribution < 1.29 is 9.53 Å². The summed E-state index contributed by atoms with van der Waals surface area (Å²) in [4.78, 5) is 12.2. The number of hydrogen-bond donors (Lipinski definition) is 1. The summed E-state index contributed by atoms with van der Waals surface area (Å²) < 4.78 is 7.05. The predicted octanol–water partition coefficient (Wildman–Crippen LogP) is 4.45. The molecular weight excluding hydrogens is 419 g/mol. The van der Waals surface area contributed by atoms with Gasteiger partial charge >= 0.3 is 0 Å². The standard InChI is InChI=1S/C19H18Cl2N4O2S/c1-25-17(9-12-3-6-14(27-2)7-4-12)23-24-19(25)28-11-18(26)22-16-10-13(20)5-8-15(16)21/h3-8,10H,9,11H2,1-2H3,(H,22,26). The van der Waals surface area contributed by atoms with Gasteiger partial charge in [-0.2, -0.15) is 0 Å². The summed E-state index contributed by atoms with van der Waals surface area (Å²) in [7, 11) is 3.52. The van der Waals surface area contributed by atoms with E-state index in [2.05, 4.69) is 15.5 Å². The van der Waals surface area contributed by atoms with E-state index in [0.29, 0.717) is 27.3 Å². The molecule has 3 aromatic rings. The van der Waals surface area contributed by atoms with Crippen LogP contribution in [0.5, 0.6) is 5.75 Å². The minimum Gasteiger partial charge on any atom is -0.497 e. The molecule has 0 aliphatic rings. The van der Waals surface area contributed by atoms with E-state index in [1.807, 2.05) is 35.9 Å². The van der Waals surface area contributed by atoms with Gasteiger partial charge in [0.25, 0.3) is 0 Å². The second-order valence-electron chi connectivity index (χ2n) is 5.94. The van der Waals surface area contributed by atoms with E-state index in [9.17, 15) is 4.79 Å². The van der Waals surface area contributed by atoms with E-state index in [-0.39, 0.29) is 11.7 Å². The Balaban J connectivity index is 1.59. The van der Waals surface area contributed by atoms with Gasteiger partial charge < -0.3 is 14.6 Å². The third-order valence-corrected chi connectivity index (χ3v) is 5.57. The fourth-order valence-electron chi connectivity index (χ4n) is 2.46. The highest BCUT2D eigenvalue weighted by molar-refractivity contribution is 7.99. The van der Waals surface area contributed by atoms with Crippen molar-refractivity contribution in [1.29, 1.82) is 0 Å². The Hall–Kier alpha value is -2.22. The number of anilines is 1. The van der Waals surface area contributed by atoms with Crippen LogP contribution in [0, 0.1) is 0 Å². The Morgan fingerprint density at radius 1 is 1.18 bits per heavy atom. The molecule has 0 radical (unpaired) electrons. The number of hydrogen-bond acceptors (Lipinski definition) is 5. The van der Waals surface area contributed by atoms with Crippen molar-refractivity contribution in [3.8, 4) is 5.75 Å². The molecule has 0 bridgehead atoms. The topological polar surface area (TPSA) is 69.0 Å². The molecule has 9 heteroatoms. The molecule has 0 fully saturated rings. The maximum Gasteiger partial charge on any atom is 0.234 e. The van der Waals surface area contributed by atoms with Gasteiger partial charge in [-0.15, -0.1) is 10.2 Å². The Labute approximate surface area is 177 Å². The van der Waals surface area contributed by atoms with Gasteiger partial charge in [0.1, 0.15) is 11.6 Å². The van der Waals surface area contributed by atoms with E-state index in [1.165, 1.54) is 11.8 Å². The second kappa shape index (κ2) is 9.32. The largest absolute Gasteiger partial charge is 0.497 e. The van der Waals surface area contributed by atoms with E-state index < -0.39 is 0 Å². The van der Waals surface area contributed by atoms with Gasteiger partial charge in [0.15, 0.2) is 5.16 Å². The Morgan fingerprint density at radius 2 is 1.93 bits per heavy atom. The van der Waals surface area contributed by atoms with E-state index >= 15 is 0 Å². The predicted molar refractivity (Wildman–Crippen MR) is 113 cm³/mol. The Kier molecular flexibility index (Phi) is 6.83. The number of aromatic nitrogens is 3. The number of rotatable bonds is 7. The molecule has 6 nitrogen and oxygen atoms in total. The Morgan fingerprint density at radius 3 is 2.64 bits per heavy atom. The summed E-state index contributed by atoms with van der Waals surface area (Å²) in [5.41, 5.74) is 1.58. The first-order valence-electron chi connectivity index (χ1n) is 8.35. The lowest BCUT2D eigenvalue weighted by atomic mass is 10.1. The number of thioether (sulfide) groups is 1. The molecule has 0 saturated carbocycles. The van der Waals surface area contributed by atoms with Crippen molar-refractivity contribution in [2.45, 2.75) is 11.6 Å². The van der Waals surface area contributed by atoms with Crippen molar-refractivity contribution in [3.63, 3.8) is 0 Å². The zero-order valence-corrected chi connectivity index (χ0v) is 17.6. The van der Waals surface area contributed by atoms with E-state index in [1.54, 1.807) is 25.3 Å². The van der Waals surface area contributed by atoms with Gasteiger partial charge in [0.2, 0.25) is 5.91 Å². The summed E-state index contributed by atoms with van der Waals surface area (Å²) in [5.74, 6) is 1.60. The summed E-state index contributed by atoms with van der Waals surface area (Å²) >= 11 is 13.3. The first-order valence-corrected chi connectivity index (χ1v) is 10.1. The molecule has 0 aliphatic heterocycles. The van der Waals surface area contributed by atoms with Gasteiger partial charge in [-0.25, -0.2) is 0 Å². The highest BCUT2D eigenvalue weighted by Gasteiger charge is 2.13. The average Bonchev–Trinajstić information content (AvgIpc) is 3.03. The molecule has 1 amide bonds. The number of benzene rings is 2. The van der Waals surface area contributed by atoms with Crippen LogP contribution in [-0.4, -0.2) is 33.5 Å². The van der Waals surface area contributed by atoms with Crippen LogP contribution in [0.2, 0.25) is 10.0 Å². The van der Waals surface area contributed by atoms with E-state index in [0.717, 1.165) is 17.1 Å². The maximum atomic E-state index is 12.2. The number of ether oxygens (including phenoxy) is 1.